The number of hydrogen-bond acceptors (Lipinski definition) is 7. The number of aromatic nitrogens is 2. The van der Waals surface area contributed by atoms with Gasteiger partial charge in [0.1, 0.15) is 0 Å². The molecule has 0 aliphatic carbocycles. The second-order valence-corrected chi connectivity index (χ2v) is 10.2. The third-order valence-corrected chi connectivity index (χ3v) is 6.73. The molecule has 1 amide bonds. The highest BCUT2D eigenvalue weighted by molar-refractivity contribution is 5.95. The molecule has 0 aliphatic rings. The summed E-state index contributed by atoms with van der Waals surface area (Å²) in [5.74, 6) is -5.68. The summed E-state index contributed by atoms with van der Waals surface area (Å²) in [6.45, 7) is 1.22. The number of rotatable bonds is 7. The molecule has 3 aromatic carbocycles. The van der Waals surface area contributed by atoms with E-state index >= 15 is 0 Å². The Morgan fingerprint density at radius 3 is 1.68 bits per heavy atom. The Morgan fingerprint density at radius 2 is 1.20 bits per heavy atom. The second kappa shape index (κ2) is 17.0. The lowest BCUT2D eigenvalue weighted by Gasteiger charge is -2.14. The minimum absolute atomic E-state index is 0.162. The Labute approximate surface area is 280 Å². The minimum Gasteiger partial charge on any atom is -0.475 e. The molecular weight excluding hydrogens is 672 g/mol. The van der Waals surface area contributed by atoms with Crippen LogP contribution in [0.3, 0.4) is 0 Å². The van der Waals surface area contributed by atoms with Gasteiger partial charge >= 0.3 is 24.3 Å². The molecule has 2 heterocycles. The van der Waals surface area contributed by atoms with Gasteiger partial charge in [0.15, 0.2) is 0 Å². The summed E-state index contributed by atoms with van der Waals surface area (Å²) in [7, 11) is 0. The highest BCUT2D eigenvalue weighted by Crippen LogP contribution is 2.34. The normalized spacial score (nSPS) is 11.0. The van der Waals surface area contributed by atoms with Crippen LogP contribution in [0.25, 0.3) is 33.3 Å². The van der Waals surface area contributed by atoms with Crippen LogP contribution in [0, 0.1) is 0 Å². The number of benzene rings is 3. The van der Waals surface area contributed by atoms with Crippen LogP contribution in [0.2, 0.25) is 0 Å². The third kappa shape index (κ3) is 10.8. The van der Waals surface area contributed by atoms with Crippen molar-refractivity contribution in [2.24, 2.45) is 11.5 Å². The molecule has 262 valence electrons. The van der Waals surface area contributed by atoms with Gasteiger partial charge in [0.05, 0.1) is 23.4 Å². The van der Waals surface area contributed by atoms with Crippen LogP contribution < -0.4 is 16.8 Å². The maximum Gasteiger partial charge on any atom is 0.490 e. The van der Waals surface area contributed by atoms with E-state index in [4.69, 9.17) is 36.3 Å². The smallest absolute Gasteiger partial charge is 0.475 e. The van der Waals surface area contributed by atoms with Gasteiger partial charge in [0.25, 0.3) is 5.91 Å². The number of fused-ring (bicyclic) bond motifs is 1. The average molecular weight is 702 g/mol. The van der Waals surface area contributed by atoms with Crippen molar-refractivity contribution in [2.45, 2.75) is 32.0 Å². The molecule has 5 aromatic rings. The molecule has 0 aliphatic heterocycles. The van der Waals surface area contributed by atoms with Gasteiger partial charge in [-0.25, -0.2) is 14.6 Å². The first-order valence-corrected chi connectivity index (χ1v) is 14.4. The predicted octanol–water partition coefficient (Wildman–Crippen LogP) is 6.08. The Bertz CT molecular complexity index is 1900. The van der Waals surface area contributed by atoms with Crippen molar-refractivity contribution in [1.29, 1.82) is 0 Å². The number of alkyl halides is 6. The van der Waals surface area contributed by atoms with Crippen molar-refractivity contribution in [1.82, 2.24) is 15.3 Å². The summed E-state index contributed by atoms with van der Waals surface area (Å²) in [6, 6.07) is 29.7. The number of aliphatic carboxylic acids is 2. The molecule has 5 rings (SSSR count). The lowest BCUT2D eigenvalue weighted by atomic mass is 9.96. The third-order valence-electron chi connectivity index (χ3n) is 6.73. The number of amides is 1. The molecule has 0 bridgehead atoms. The van der Waals surface area contributed by atoms with Crippen LogP contribution in [-0.4, -0.2) is 50.4 Å². The summed E-state index contributed by atoms with van der Waals surface area (Å²) in [4.78, 5) is 40.2. The van der Waals surface area contributed by atoms with E-state index in [1.54, 1.807) is 18.3 Å². The van der Waals surface area contributed by atoms with E-state index in [-0.39, 0.29) is 12.5 Å². The van der Waals surface area contributed by atoms with E-state index < -0.39 is 24.3 Å². The van der Waals surface area contributed by atoms with Crippen LogP contribution >= 0.6 is 0 Å². The number of pyridine rings is 2. The molecule has 10 nitrogen and oxygen atoms in total. The summed E-state index contributed by atoms with van der Waals surface area (Å²) < 4.78 is 63.5. The summed E-state index contributed by atoms with van der Waals surface area (Å²) >= 11 is 0. The van der Waals surface area contributed by atoms with E-state index in [0.717, 1.165) is 50.1 Å². The van der Waals surface area contributed by atoms with Gasteiger partial charge in [-0.15, -0.1) is 0 Å². The van der Waals surface area contributed by atoms with Crippen LogP contribution in [0.1, 0.15) is 27.2 Å². The molecular formula is C34H29F6N5O5. The summed E-state index contributed by atoms with van der Waals surface area (Å²) in [5.41, 5.74) is 19.6. The Hall–Kier alpha value is -5.87. The van der Waals surface area contributed by atoms with Gasteiger partial charge in [-0.05, 0) is 41.0 Å². The fourth-order valence-corrected chi connectivity index (χ4v) is 4.21. The predicted molar refractivity (Wildman–Crippen MR) is 171 cm³/mol. The zero-order valence-corrected chi connectivity index (χ0v) is 25.8. The number of carboxylic acid groups (broad SMARTS) is 2. The van der Waals surface area contributed by atoms with Gasteiger partial charge in [-0.1, -0.05) is 66.7 Å². The minimum atomic E-state index is -5.08. The number of nitrogens with one attached hydrogen (secondary N) is 1. The number of carboxylic acids is 2. The molecule has 0 atom stereocenters. The number of nitrogens with two attached hydrogens (primary N) is 2. The highest BCUT2D eigenvalue weighted by Gasteiger charge is 2.38. The summed E-state index contributed by atoms with van der Waals surface area (Å²) in [5, 5.41) is 18.1. The van der Waals surface area contributed by atoms with Crippen LogP contribution in [0.4, 0.5) is 26.3 Å². The first-order valence-electron chi connectivity index (χ1n) is 14.4. The molecule has 7 N–H and O–H groups in total. The standard InChI is InChI=1S/C30H27N5O.2C2HF3O2/c31-17-20-6-10-23(11-7-20)29-25(22-4-2-1-3-5-22)16-26-27(35-29)14-15-33-28(26)19-34-30(36)24-12-8-21(18-32)9-13-24;2*3-2(4,5)1(6)7/h1-16H,17-19,31-32H2,(H,34,36);2*(H,6,7). The molecule has 0 fully saturated rings. The SMILES string of the molecule is NCc1ccc(C(=O)NCc2nccc3nc(-c4ccc(CN)cc4)c(-c4ccccc4)cc23)cc1.O=C(O)C(F)(F)F.O=C(O)C(F)(F)F. The van der Waals surface area contributed by atoms with Crippen molar-refractivity contribution in [3.05, 3.63) is 120 Å². The first kappa shape index (κ1) is 38.6. The molecule has 0 saturated carbocycles. The van der Waals surface area contributed by atoms with E-state index in [1.807, 2.05) is 48.5 Å². The Balaban J connectivity index is 0.000000408. The first-order chi connectivity index (χ1) is 23.5. The second-order valence-electron chi connectivity index (χ2n) is 10.2. The van der Waals surface area contributed by atoms with Crippen LogP contribution in [0.15, 0.2) is 97.2 Å². The lowest BCUT2D eigenvalue weighted by Crippen LogP contribution is -2.23. The molecule has 0 radical (unpaired) electrons. The van der Waals surface area contributed by atoms with Gasteiger partial charge in [-0.2, -0.15) is 26.3 Å². The van der Waals surface area contributed by atoms with Gasteiger partial charge in [0.2, 0.25) is 0 Å². The van der Waals surface area contributed by atoms with Crippen molar-refractivity contribution in [3.8, 4) is 22.4 Å². The number of hydrogen-bond donors (Lipinski definition) is 5. The quantitative estimate of drug-likeness (QED) is 0.126. The van der Waals surface area contributed by atoms with Gasteiger partial charge in [-0.3, -0.25) is 9.78 Å². The number of carbonyl (C=O) groups excluding carboxylic acids is 1. The van der Waals surface area contributed by atoms with E-state index in [2.05, 4.69) is 40.6 Å². The molecule has 2 aromatic heterocycles. The maximum absolute atomic E-state index is 12.7. The van der Waals surface area contributed by atoms with Crippen molar-refractivity contribution in [2.75, 3.05) is 0 Å². The largest absolute Gasteiger partial charge is 0.490 e. The number of nitrogens with zero attached hydrogens (tertiary/aromatic N) is 2. The number of halogens is 6. The molecule has 0 saturated heterocycles. The molecule has 50 heavy (non-hydrogen) atoms. The van der Waals surface area contributed by atoms with E-state index in [9.17, 15) is 31.1 Å². The van der Waals surface area contributed by atoms with Gasteiger partial charge in [0, 0.05) is 41.4 Å². The number of carbonyl (C=O) groups is 3. The average Bonchev–Trinajstić information content (AvgIpc) is 3.10. The monoisotopic (exact) mass is 701 g/mol. The van der Waals surface area contributed by atoms with Crippen molar-refractivity contribution < 1.29 is 50.9 Å². The van der Waals surface area contributed by atoms with Gasteiger partial charge < -0.3 is 27.0 Å². The molecule has 0 unspecified atom stereocenters. The zero-order chi connectivity index (χ0) is 37.1. The van der Waals surface area contributed by atoms with Crippen LogP contribution in [-0.2, 0) is 29.2 Å². The zero-order valence-electron chi connectivity index (χ0n) is 25.8. The van der Waals surface area contributed by atoms with Crippen molar-refractivity contribution >= 4 is 28.7 Å². The maximum atomic E-state index is 12.7. The Kier molecular flexibility index (Phi) is 13.1. The fraction of sp³-hybridized carbons (Fsp3) is 0.147. The van der Waals surface area contributed by atoms with Crippen molar-refractivity contribution in [3.63, 3.8) is 0 Å². The van der Waals surface area contributed by atoms with Crippen LogP contribution in [0.5, 0.6) is 0 Å². The highest BCUT2D eigenvalue weighted by atomic mass is 19.4. The fourth-order valence-electron chi connectivity index (χ4n) is 4.21. The lowest BCUT2D eigenvalue weighted by molar-refractivity contribution is -0.193. The Morgan fingerprint density at radius 1 is 0.700 bits per heavy atom. The topological polar surface area (TPSA) is 182 Å². The molecule has 16 heteroatoms. The summed E-state index contributed by atoms with van der Waals surface area (Å²) in [6.07, 6.45) is -8.43. The van der Waals surface area contributed by atoms with E-state index in [1.165, 1.54) is 0 Å². The van der Waals surface area contributed by atoms with E-state index in [0.29, 0.717) is 18.7 Å². The molecule has 0 spiro atoms.